The molecule has 0 aliphatic carbocycles. The van der Waals surface area contributed by atoms with Gasteiger partial charge in [0.1, 0.15) is 24.3 Å². The lowest BCUT2D eigenvalue weighted by atomic mass is 9.94. The van der Waals surface area contributed by atoms with Gasteiger partial charge in [-0.2, -0.15) is 0 Å². The van der Waals surface area contributed by atoms with Crippen molar-refractivity contribution in [2.75, 3.05) is 24.3 Å². The Bertz CT molecular complexity index is 1350. The largest absolute Gasteiger partial charge is 0.490 e. The summed E-state index contributed by atoms with van der Waals surface area (Å²) >= 11 is 0. The van der Waals surface area contributed by atoms with Gasteiger partial charge in [0.25, 0.3) is 11.8 Å². The Morgan fingerprint density at radius 2 is 1.79 bits per heavy atom. The number of amides is 3. The van der Waals surface area contributed by atoms with Gasteiger partial charge in [-0.25, -0.2) is 4.39 Å². The molecule has 3 atom stereocenters. The van der Waals surface area contributed by atoms with Gasteiger partial charge >= 0.3 is 0 Å². The zero-order valence-electron chi connectivity index (χ0n) is 20.9. The molecule has 9 heteroatoms. The molecule has 5 rings (SSSR count). The topological polar surface area (TPSA) is 97.0 Å². The zero-order chi connectivity index (χ0) is 26.6. The second-order valence-electron chi connectivity index (χ2n) is 9.46. The van der Waals surface area contributed by atoms with Crippen molar-refractivity contribution < 1.29 is 28.2 Å². The van der Waals surface area contributed by atoms with Gasteiger partial charge in [-0.3, -0.25) is 14.4 Å². The summed E-state index contributed by atoms with van der Waals surface area (Å²) in [5, 5.41) is 5.59. The minimum absolute atomic E-state index is 0.131. The highest BCUT2D eigenvalue weighted by Gasteiger charge is 2.39. The summed E-state index contributed by atoms with van der Waals surface area (Å²) in [6.45, 7) is 0.209. The van der Waals surface area contributed by atoms with Gasteiger partial charge < -0.3 is 25.0 Å². The number of benzene rings is 3. The Morgan fingerprint density at radius 3 is 2.58 bits per heavy atom. The Labute approximate surface area is 219 Å². The predicted molar refractivity (Wildman–Crippen MR) is 140 cm³/mol. The Hall–Kier alpha value is -4.24. The number of nitrogens with zero attached hydrogens (tertiary/aromatic N) is 1. The first kappa shape index (κ1) is 25.4. The van der Waals surface area contributed by atoms with Gasteiger partial charge in [0, 0.05) is 24.0 Å². The van der Waals surface area contributed by atoms with Crippen LogP contribution in [0, 0.1) is 5.82 Å². The molecule has 196 valence electrons. The highest BCUT2D eigenvalue weighted by molar-refractivity contribution is 6.05. The molecule has 0 unspecified atom stereocenters. The molecule has 1 fully saturated rings. The van der Waals surface area contributed by atoms with Crippen LogP contribution in [0.5, 0.6) is 5.75 Å². The summed E-state index contributed by atoms with van der Waals surface area (Å²) in [5.74, 6) is -1.02. The van der Waals surface area contributed by atoms with E-state index in [1.807, 2.05) is 30.3 Å². The third-order valence-electron chi connectivity index (χ3n) is 6.83. The van der Waals surface area contributed by atoms with Crippen LogP contribution in [0.3, 0.4) is 0 Å². The van der Waals surface area contributed by atoms with Crippen molar-refractivity contribution in [1.82, 2.24) is 4.90 Å². The number of ether oxygens (including phenoxy) is 2. The van der Waals surface area contributed by atoms with E-state index < -0.39 is 17.8 Å². The van der Waals surface area contributed by atoms with E-state index in [1.54, 1.807) is 30.1 Å². The van der Waals surface area contributed by atoms with Gasteiger partial charge in [-0.05, 0) is 61.4 Å². The van der Waals surface area contributed by atoms with E-state index in [0.29, 0.717) is 29.8 Å². The molecular weight excluding hydrogens is 489 g/mol. The Morgan fingerprint density at radius 1 is 0.974 bits per heavy atom. The summed E-state index contributed by atoms with van der Waals surface area (Å²) < 4.78 is 25.7. The van der Waals surface area contributed by atoms with Crippen LogP contribution >= 0.6 is 0 Å². The molecule has 0 radical (unpaired) electrons. The summed E-state index contributed by atoms with van der Waals surface area (Å²) in [4.78, 5) is 40.1. The number of fused-ring (bicyclic) bond motifs is 2. The average molecular weight is 518 g/mol. The van der Waals surface area contributed by atoms with Crippen LogP contribution in [0.1, 0.15) is 40.0 Å². The van der Waals surface area contributed by atoms with E-state index in [4.69, 9.17) is 9.47 Å². The maximum atomic E-state index is 13.5. The maximum absolute atomic E-state index is 13.5. The van der Waals surface area contributed by atoms with Crippen molar-refractivity contribution in [1.29, 1.82) is 0 Å². The van der Waals surface area contributed by atoms with Crippen LogP contribution in [-0.2, 0) is 9.53 Å². The number of carbonyl (C=O) groups excluding carboxylic acids is 3. The molecule has 0 bridgehead atoms. The number of rotatable bonds is 5. The minimum Gasteiger partial charge on any atom is -0.490 e. The minimum atomic E-state index is -0.510. The van der Waals surface area contributed by atoms with Crippen LogP contribution in [-0.4, -0.2) is 54.5 Å². The fraction of sp³-hybridized carbons (Fsp3) is 0.276. The van der Waals surface area contributed by atoms with Crippen molar-refractivity contribution in [2.24, 2.45) is 0 Å². The molecule has 38 heavy (non-hydrogen) atoms. The fourth-order valence-corrected chi connectivity index (χ4v) is 4.88. The van der Waals surface area contributed by atoms with Gasteiger partial charge in [-0.15, -0.1) is 0 Å². The highest BCUT2D eigenvalue weighted by Crippen LogP contribution is 2.32. The predicted octanol–water partition coefficient (Wildman–Crippen LogP) is 4.49. The molecule has 0 aromatic heterocycles. The Balaban J connectivity index is 1.26. The number of likely N-dealkylation sites (N-methyl/N-ethyl adjacent to an activating group) is 1. The average Bonchev–Trinajstić information content (AvgIpc) is 2.91. The third-order valence-corrected chi connectivity index (χ3v) is 6.83. The van der Waals surface area contributed by atoms with Crippen LogP contribution < -0.4 is 15.4 Å². The van der Waals surface area contributed by atoms with Crippen molar-refractivity contribution in [3.05, 3.63) is 89.7 Å². The Kier molecular flexibility index (Phi) is 7.37. The van der Waals surface area contributed by atoms with Gasteiger partial charge in [0.15, 0.2) is 0 Å². The molecule has 3 aromatic rings. The summed E-state index contributed by atoms with van der Waals surface area (Å²) in [6.07, 6.45) is 0.808. The number of carbonyl (C=O) groups is 3. The molecule has 2 N–H and O–H groups in total. The van der Waals surface area contributed by atoms with E-state index in [2.05, 4.69) is 10.6 Å². The second-order valence-corrected chi connectivity index (χ2v) is 9.46. The quantitative estimate of drug-likeness (QED) is 0.520. The maximum Gasteiger partial charge on any atom is 0.257 e. The standard InChI is InChI=1S/C29H28FN3O5/c1-33-24-12-11-22(16-27(34)31-20-8-3-2-4-9-20)38-26(24)17-37-25-13-10-21(15-23(25)29(33)36)32-28(35)18-6-5-7-19(30)14-18/h2-10,13-15,22,24,26H,11-12,16-17H2,1H3,(H,31,34)(H,32,35)/t22-,24+,26+/m1/s1. The summed E-state index contributed by atoms with van der Waals surface area (Å²) in [5.41, 5.74) is 1.61. The summed E-state index contributed by atoms with van der Waals surface area (Å²) in [6, 6.07) is 19.2. The number of para-hydroxylation sites is 1. The molecule has 3 amide bonds. The molecule has 1 saturated heterocycles. The first-order chi connectivity index (χ1) is 18.4. The van der Waals surface area contributed by atoms with Crippen LogP contribution in [0.4, 0.5) is 15.8 Å². The van der Waals surface area contributed by atoms with Gasteiger partial charge in [0.2, 0.25) is 5.91 Å². The van der Waals surface area contributed by atoms with Crippen LogP contribution in [0.15, 0.2) is 72.8 Å². The van der Waals surface area contributed by atoms with E-state index in [-0.39, 0.29) is 42.6 Å². The van der Waals surface area contributed by atoms with Gasteiger partial charge in [-0.1, -0.05) is 24.3 Å². The molecule has 2 aliphatic rings. The third kappa shape index (κ3) is 5.68. The van der Waals surface area contributed by atoms with Crippen molar-refractivity contribution >= 4 is 29.1 Å². The molecule has 2 aliphatic heterocycles. The van der Waals surface area contributed by atoms with Crippen LogP contribution in [0.2, 0.25) is 0 Å². The van der Waals surface area contributed by atoms with E-state index in [0.717, 1.165) is 11.8 Å². The van der Waals surface area contributed by atoms with E-state index in [1.165, 1.54) is 18.2 Å². The van der Waals surface area contributed by atoms with Crippen LogP contribution in [0.25, 0.3) is 0 Å². The molecular formula is C29H28FN3O5. The molecule has 3 aromatic carbocycles. The number of nitrogens with one attached hydrogen (secondary N) is 2. The van der Waals surface area contributed by atoms with E-state index >= 15 is 0 Å². The SMILES string of the molecule is CN1C(=O)c2cc(NC(=O)c3cccc(F)c3)ccc2OC[C@@H]2O[C@@H](CC(=O)Nc3ccccc3)CC[C@@H]21. The number of hydrogen-bond donors (Lipinski definition) is 2. The first-order valence-electron chi connectivity index (χ1n) is 12.5. The number of halogens is 1. The molecule has 0 spiro atoms. The lowest BCUT2D eigenvalue weighted by Gasteiger charge is -2.42. The lowest BCUT2D eigenvalue weighted by molar-refractivity contribution is -0.130. The fourth-order valence-electron chi connectivity index (χ4n) is 4.88. The summed E-state index contributed by atoms with van der Waals surface area (Å²) in [7, 11) is 1.72. The van der Waals surface area contributed by atoms with E-state index in [9.17, 15) is 18.8 Å². The normalized spacial score (nSPS) is 20.7. The first-order valence-corrected chi connectivity index (χ1v) is 12.5. The molecule has 2 heterocycles. The number of hydrogen-bond acceptors (Lipinski definition) is 5. The smallest absolute Gasteiger partial charge is 0.257 e. The lowest BCUT2D eigenvalue weighted by Crippen LogP contribution is -2.53. The second kappa shape index (κ2) is 11.0. The highest BCUT2D eigenvalue weighted by atomic mass is 19.1. The zero-order valence-corrected chi connectivity index (χ0v) is 20.9. The number of anilines is 2. The van der Waals surface area contributed by atoms with Crippen molar-refractivity contribution in [2.45, 2.75) is 37.5 Å². The monoisotopic (exact) mass is 517 g/mol. The molecule has 8 nitrogen and oxygen atoms in total. The van der Waals surface area contributed by atoms with Crippen molar-refractivity contribution in [3.63, 3.8) is 0 Å². The molecule has 0 saturated carbocycles. The van der Waals surface area contributed by atoms with Gasteiger partial charge in [0.05, 0.1) is 24.1 Å². The van der Waals surface area contributed by atoms with Crippen molar-refractivity contribution in [3.8, 4) is 5.75 Å².